The van der Waals surface area contributed by atoms with Crippen molar-refractivity contribution >= 4 is 34.8 Å². The summed E-state index contributed by atoms with van der Waals surface area (Å²) in [7, 11) is 0. The number of rotatable bonds is 2. The van der Waals surface area contributed by atoms with E-state index in [-0.39, 0.29) is 17.9 Å². The average Bonchev–Trinajstić information content (AvgIpc) is 3.08. The summed E-state index contributed by atoms with van der Waals surface area (Å²) in [5.41, 5.74) is 4.19. The first kappa shape index (κ1) is 20.0. The second kappa shape index (κ2) is 8.28. The van der Waals surface area contributed by atoms with Crippen molar-refractivity contribution < 1.29 is 4.79 Å². The van der Waals surface area contributed by atoms with Crippen molar-refractivity contribution in [3.8, 4) is 0 Å². The van der Waals surface area contributed by atoms with Gasteiger partial charge in [0.1, 0.15) is 0 Å². The number of nitrogens with zero attached hydrogens (tertiary/aromatic N) is 1. The number of nitrogens with one attached hydrogen (secondary N) is 1. The van der Waals surface area contributed by atoms with E-state index in [0.29, 0.717) is 16.0 Å². The Balaban J connectivity index is 1.47. The minimum absolute atomic E-state index is 0.120. The number of carbonyl (C=O) groups is 1. The highest BCUT2D eigenvalue weighted by atomic mass is 35.5. The fourth-order valence-electron chi connectivity index (χ4n) is 5.25. The zero-order valence-electron chi connectivity index (χ0n) is 16.9. The molecule has 3 aliphatic rings. The molecule has 1 aliphatic carbocycles. The number of hydrogen-bond donors (Lipinski definition) is 1. The van der Waals surface area contributed by atoms with Crippen molar-refractivity contribution in [2.45, 2.75) is 44.1 Å². The van der Waals surface area contributed by atoms with E-state index >= 15 is 0 Å². The monoisotopic (exact) mass is 440 g/mol. The molecule has 5 rings (SSSR count). The van der Waals surface area contributed by atoms with E-state index in [1.54, 1.807) is 0 Å². The molecule has 1 N–H and O–H groups in total. The van der Waals surface area contributed by atoms with Gasteiger partial charge < -0.3 is 10.2 Å². The molecule has 0 unspecified atom stereocenters. The molecule has 3 nitrogen and oxygen atoms in total. The van der Waals surface area contributed by atoms with Crippen LogP contribution in [0.5, 0.6) is 0 Å². The van der Waals surface area contributed by atoms with Gasteiger partial charge in [0.05, 0.1) is 6.04 Å². The highest BCUT2D eigenvalue weighted by Gasteiger charge is 2.39. The zero-order valence-corrected chi connectivity index (χ0v) is 18.4. The Morgan fingerprint density at radius 1 is 0.967 bits per heavy atom. The van der Waals surface area contributed by atoms with E-state index in [1.165, 1.54) is 18.4 Å². The van der Waals surface area contributed by atoms with Gasteiger partial charge in [-0.25, -0.2) is 0 Å². The predicted octanol–water partition coefficient (Wildman–Crippen LogP) is 6.84. The van der Waals surface area contributed by atoms with Gasteiger partial charge in [-0.05, 0) is 66.6 Å². The third-order valence-electron chi connectivity index (χ3n) is 6.80. The van der Waals surface area contributed by atoms with Crippen LogP contribution in [0.1, 0.15) is 65.5 Å². The van der Waals surface area contributed by atoms with Crippen LogP contribution in [0, 0.1) is 5.92 Å². The molecule has 0 spiro atoms. The van der Waals surface area contributed by atoms with Crippen LogP contribution in [-0.4, -0.2) is 23.9 Å². The molecule has 1 amide bonds. The Bertz CT molecular complexity index is 995. The summed E-state index contributed by atoms with van der Waals surface area (Å²) >= 11 is 12.7. The van der Waals surface area contributed by atoms with Gasteiger partial charge in [-0.3, -0.25) is 4.79 Å². The Hall–Kier alpha value is -1.97. The van der Waals surface area contributed by atoms with Crippen LogP contribution in [0.4, 0.5) is 5.69 Å². The van der Waals surface area contributed by atoms with Crippen LogP contribution in [0.15, 0.2) is 48.6 Å². The summed E-state index contributed by atoms with van der Waals surface area (Å²) in [6, 6.07) is 12.0. The van der Waals surface area contributed by atoms with E-state index in [9.17, 15) is 4.79 Å². The Kier molecular flexibility index (Phi) is 5.51. The number of halogens is 2. The van der Waals surface area contributed by atoms with Crippen LogP contribution in [0.3, 0.4) is 0 Å². The molecule has 1 saturated heterocycles. The lowest BCUT2D eigenvalue weighted by atomic mass is 9.76. The van der Waals surface area contributed by atoms with E-state index in [1.807, 2.05) is 29.2 Å². The van der Waals surface area contributed by atoms with E-state index in [4.69, 9.17) is 23.2 Å². The molecule has 5 heteroatoms. The van der Waals surface area contributed by atoms with Gasteiger partial charge >= 0.3 is 0 Å². The minimum atomic E-state index is 0.120. The van der Waals surface area contributed by atoms with Gasteiger partial charge in [0.15, 0.2) is 0 Å². The number of amides is 1. The predicted molar refractivity (Wildman–Crippen MR) is 124 cm³/mol. The van der Waals surface area contributed by atoms with Crippen molar-refractivity contribution in [2.75, 3.05) is 18.4 Å². The molecular formula is C25H26Cl2N2O. The lowest BCUT2D eigenvalue weighted by Gasteiger charge is -2.38. The molecule has 2 aliphatic heterocycles. The maximum atomic E-state index is 13.2. The fraction of sp³-hybridized carbons (Fsp3) is 0.400. The first-order valence-electron chi connectivity index (χ1n) is 10.9. The third kappa shape index (κ3) is 3.63. The number of allylic oxidation sites excluding steroid dienone is 2. The molecule has 156 valence electrons. The molecule has 0 saturated carbocycles. The number of likely N-dealkylation sites (tertiary alicyclic amines) is 1. The van der Waals surface area contributed by atoms with E-state index in [2.05, 4.69) is 29.6 Å². The zero-order chi connectivity index (χ0) is 20.7. The lowest BCUT2D eigenvalue weighted by Crippen LogP contribution is -2.33. The quantitative estimate of drug-likeness (QED) is 0.518. The van der Waals surface area contributed by atoms with E-state index < -0.39 is 0 Å². The van der Waals surface area contributed by atoms with Crippen molar-refractivity contribution in [3.63, 3.8) is 0 Å². The first-order valence-corrected chi connectivity index (χ1v) is 11.7. The third-order valence-corrected chi connectivity index (χ3v) is 7.36. The number of benzene rings is 2. The normalized spacial score (nSPS) is 25.3. The van der Waals surface area contributed by atoms with Gasteiger partial charge in [0.2, 0.25) is 0 Å². The van der Waals surface area contributed by atoms with Gasteiger partial charge in [0, 0.05) is 40.3 Å². The summed E-state index contributed by atoms with van der Waals surface area (Å²) in [5, 5.41) is 5.06. The Morgan fingerprint density at radius 2 is 1.77 bits per heavy atom. The maximum absolute atomic E-state index is 13.2. The van der Waals surface area contributed by atoms with Crippen molar-refractivity contribution in [1.82, 2.24) is 4.90 Å². The molecular weight excluding hydrogens is 415 g/mol. The molecule has 2 aromatic carbocycles. The summed E-state index contributed by atoms with van der Waals surface area (Å²) < 4.78 is 0. The fourth-order valence-corrected chi connectivity index (χ4v) is 5.77. The Labute approximate surface area is 188 Å². The van der Waals surface area contributed by atoms with Crippen molar-refractivity contribution in [2.24, 2.45) is 5.92 Å². The minimum Gasteiger partial charge on any atom is -0.378 e. The topological polar surface area (TPSA) is 32.3 Å². The Morgan fingerprint density at radius 3 is 2.53 bits per heavy atom. The molecule has 30 heavy (non-hydrogen) atoms. The van der Waals surface area contributed by atoms with Gasteiger partial charge in [-0.15, -0.1) is 0 Å². The highest BCUT2D eigenvalue weighted by Crippen LogP contribution is 2.51. The summed E-state index contributed by atoms with van der Waals surface area (Å²) in [6.45, 7) is 1.74. The van der Waals surface area contributed by atoms with Crippen LogP contribution in [-0.2, 0) is 0 Å². The lowest BCUT2D eigenvalue weighted by molar-refractivity contribution is 0.0761. The molecule has 0 bridgehead atoms. The molecule has 2 aromatic rings. The molecule has 1 fully saturated rings. The first-order chi connectivity index (χ1) is 14.6. The SMILES string of the molecule is O=C(c1ccc2c(c1)[C@H]1C=CC[C@H]1[C@@H](c1ccc(Cl)cc1Cl)N2)N1CCCCCC1. The van der Waals surface area contributed by atoms with Crippen molar-refractivity contribution in [3.05, 3.63) is 75.3 Å². The number of anilines is 1. The van der Waals surface area contributed by atoms with Crippen LogP contribution in [0.2, 0.25) is 10.0 Å². The van der Waals surface area contributed by atoms with Gasteiger partial charge in [-0.1, -0.05) is 54.3 Å². The number of hydrogen-bond acceptors (Lipinski definition) is 2. The molecule has 0 radical (unpaired) electrons. The summed E-state index contributed by atoms with van der Waals surface area (Å²) in [5.74, 6) is 0.829. The van der Waals surface area contributed by atoms with Crippen LogP contribution >= 0.6 is 23.2 Å². The van der Waals surface area contributed by atoms with Crippen LogP contribution in [0.25, 0.3) is 0 Å². The highest BCUT2D eigenvalue weighted by molar-refractivity contribution is 6.35. The van der Waals surface area contributed by atoms with Crippen LogP contribution < -0.4 is 5.32 Å². The second-order valence-corrected chi connectivity index (χ2v) is 9.49. The standard InChI is InChI=1S/C25H26Cl2N2O/c26-17-9-10-20(22(27)15-17)24-19-7-5-6-18(19)21-14-16(8-11-23(21)28-24)25(30)29-12-3-1-2-4-13-29/h5-6,8-11,14-15,18-19,24,28H,1-4,7,12-13H2/t18-,19+,24-/m0/s1. The largest absolute Gasteiger partial charge is 0.378 e. The number of carbonyl (C=O) groups excluding carboxylic acids is 1. The maximum Gasteiger partial charge on any atom is 0.253 e. The second-order valence-electron chi connectivity index (χ2n) is 8.65. The average molecular weight is 441 g/mol. The van der Waals surface area contributed by atoms with E-state index in [0.717, 1.165) is 49.2 Å². The molecule has 0 aromatic heterocycles. The van der Waals surface area contributed by atoms with Gasteiger partial charge in [-0.2, -0.15) is 0 Å². The summed E-state index contributed by atoms with van der Waals surface area (Å²) in [6.07, 6.45) is 10.2. The van der Waals surface area contributed by atoms with Crippen molar-refractivity contribution in [1.29, 1.82) is 0 Å². The molecule has 3 atom stereocenters. The smallest absolute Gasteiger partial charge is 0.253 e. The molecule has 2 heterocycles. The summed E-state index contributed by atoms with van der Waals surface area (Å²) in [4.78, 5) is 15.2. The number of fused-ring (bicyclic) bond motifs is 3. The van der Waals surface area contributed by atoms with Gasteiger partial charge in [0.25, 0.3) is 5.91 Å².